The molecule has 2 aromatic carbocycles. The van der Waals surface area contributed by atoms with Crippen LogP contribution in [-0.2, 0) is 0 Å². The van der Waals surface area contributed by atoms with Gasteiger partial charge in [0.2, 0.25) is 5.75 Å². The van der Waals surface area contributed by atoms with E-state index >= 15 is 0 Å². The van der Waals surface area contributed by atoms with Crippen molar-refractivity contribution in [3.8, 4) is 17.2 Å². The van der Waals surface area contributed by atoms with Crippen LogP contribution >= 0.6 is 11.8 Å². The first-order valence-corrected chi connectivity index (χ1v) is 9.90. The Morgan fingerprint density at radius 3 is 2.35 bits per heavy atom. The number of hydrogen-bond donors (Lipinski definition) is 0. The summed E-state index contributed by atoms with van der Waals surface area (Å²) in [6.45, 7) is 4.36. The van der Waals surface area contributed by atoms with Crippen molar-refractivity contribution in [2.24, 2.45) is 0 Å². The molecule has 1 aliphatic rings. The molecule has 0 radical (unpaired) electrons. The van der Waals surface area contributed by atoms with Gasteiger partial charge in [-0.05, 0) is 42.7 Å². The molecule has 5 heteroatoms. The maximum Gasteiger partial charge on any atom is 0.203 e. The number of rotatable bonds is 6. The third kappa shape index (κ3) is 3.73. The van der Waals surface area contributed by atoms with E-state index in [-0.39, 0.29) is 0 Å². The molecule has 1 aliphatic heterocycles. The number of methoxy groups -OCH3 is 3. The van der Waals surface area contributed by atoms with Crippen LogP contribution in [0.2, 0.25) is 0 Å². The zero-order chi connectivity index (χ0) is 18.5. The molecule has 0 amide bonds. The number of benzene rings is 2. The van der Waals surface area contributed by atoms with E-state index in [9.17, 15) is 0 Å². The lowest BCUT2D eigenvalue weighted by atomic mass is 10.1. The SMILES string of the molecule is CCCN1CC[C@H](c2cc(OC)c(OC)c(OC)c2)Sc2ccccc21. The van der Waals surface area contributed by atoms with E-state index in [1.54, 1.807) is 21.3 Å². The highest BCUT2D eigenvalue weighted by Gasteiger charge is 2.25. The van der Waals surface area contributed by atoms with Crippen molar-refractivity contribution in [1.29, 1.82) is 0 Å². The topological polar surface area (TPSA) is 30.9 Å². The van der Waals surface area contributed by atoms with Crippen LogP contribution < -0.4 is 19.1 Å². The molecule has 4 nitrogen and oxygen atoms in total. The zero-order valence-electron chi connectivity index (χ0n) is 16.0. The molecular weight excluding hydrogens is 346 g/mol. The Kier molecular flexibility index (Phi) is 6.20. The molecule has 0 bridgehead atoms. The summed E-state index contributed by atoms with van der Waals surface area (Å²) < 4.78 is 16.6. The van der Waals surface area contributed by atoms with Gasteiger partial charge in [0, 0.05) is 23.2 Å². The summed E-state index contributed by atoms with van der Waals surface area (Å²) in [6, 6.07) is 12.9. The summed E-state index contributed by atoms with van der Waals surface area (Å²) in [5.41, 5.74) is 2.55. The monoisotopic (exact) mass is 373 g/mol. The number of ether oxygens (including phenoxy) is 3. The van der Waals surface area contributed by atoms with Crippen LogP contribution in [0.1, 0.15) is 30.6 Å². The van der Waals surface area contributed by atoms with Crippen LogP contribution in [0.25, 0.3) is 0 Å². The lowest BCUT2D eigenvalue weighted by Gasteiger charge is -2.23. The van der Waals surface area contributed by atoms with E-state index in [1.807, 2.05) is 11.8 Å². The van der Waals surface area contributed by atoms with E-state index in [4.69, 9.17) is 14.2 Å². The van der Waals surface area contributed by atoms with Crippen LogP contribution in [0.4, 0.5) is 5.69 Å². The molecule has 0 saturated carbocycles. The molecule has 3 rings (SSSR count). The minimum atomic E-state index is 0.340. The molecule has 26 heavy (non-hydrogen) atoms. The molecule has 1 atom stereocenters. The summed E-state index contributed by atoms with van der Waals surface area (Å²) in [5, 5.41) is 0.340. The van der Waals surface area contributed by atoms with Crippen LogP contribution in [0, 0.1) is 0 Å². The van der Waals surface area contributed by atoms with E-state index in [2.05, 4.69) is 48.2 Å². The van der Waals surface area contributed by atoms with Crippen molar-refractivity contribution in [2.75, 3.05) is 39.3 Å². The average molecular weight is 374 g/mol. The second-order valence-corrected chi connectivity index (χ2v) is 7.55. The first-order chi connectivity index (χ1) is 12.7. The zero-order valence-corrected chi connectivity index (χ0v) is 16.8. The van der Waals surface area contributed by atoms with Crippen molar-refractivity contribution >= 4 is 17.4 Å². The largest absolute Gasteiger partial charge is 0.493 e. The molecule has 0 aromatic heterocycles. The van der Waals surface area contributed by atoms with E-state index < -0.39 is 0 Å². The van der Waals surface area contributed by atoms with Crippen molar-refractivity contribution in [2.45, 2.75) is 29.9 Å². The van der Waals surface area contributed by atoms with Gasteiger partial charge in [0.05, 0.1) is 27.0 Å². The first-order valence-electron chi connectivity index (χ1n) is 9.02. The molecule has 0 aliphatic carbocycles. The molecule has 1 heterocycles. The highest BCUT2D eigenvalue weighted by atomic mass is 32.2. The summed E-state index contributed by atoms with van der Waals surface area (Å²) in [6.07, 6.45) is 2.21. The fourth-order valence-corrected chi connectivity index (χ4v) is 4.72. The maximum absolute atomic E-state index is 5.55. The number of fused-ring (bicyclic) bond motifs is 1. The van der Waals surface area contributed by atoms with Crippen molar-refractivity contribution < 1.29 is 14.2 Å². The molecule has 0 saturated heterocycles. The number of thioether (sulfide) groups is 1. The summed E-state index contributed by atoms with van der Waals surface area (Å²) in [7, 11) is 4.97. The van der Waals surface area contributed by atoms with Gasteiger partial charge in [0.25, 0.3) is 0 Å². The molecule has 2 aromatic rings. The predicted molar refractivity (Wildman–Crippen MR) is 108 cm³/mol. The molecule has 0 spiro atoms. The quantitative estimate of drug-likeness (QED) is 0.697. The van der Waals surface area contributed by atoms with Gasteiger partial charge >= 0.3 is 0 Å². The van der Waals surface area contributed by atoms with Gasteiger partial charge < -0.3 is 19.1 Å². The van der Waals surface area contributed by atoms with Gasteiger partial charge in [0.1, 0.15) is 0 Å². The Hall–Kier alpha value is -2.01. The smallest absolute Gasteiger partial charge is 0.203 e. The Bertz CT molecular complexity index is 725. The van der Waals surface area contributed by atoms with Crippen molar-refractivity contribution in [3.05, 3.63) is 42.0 Å². The van der Waals surface area contributed by atoms with Crippen LogP contribution in [-0.4, -0.2) is 34.4 Å². The van der Waals surface area contributed by atoms with Gasteiger partial charge in [-0.1, -0.05) is 19.1 Å². The lowest BCUT2D eigenvalue weighted by Crippen LogP contribution is -2.25. The molecule has 0 fully saturated rings. The third-order valence-electron chi connectivity index (χ3n) is 4.69. The average Bonchev–Trinajstić information content (AvgIpc) is 2.87. The highest BCUT2D eigenvalue weighted by Crippen LogP contribution is 2.48. The van der Waals surface area contributed by atoms with Crippen molar-refractivity contribution in [3.63, 3.8) is 0 Å². The number of para-hydroxylation sites is 1. The van der Waals surface area contributed by atoms with E-state index in [0.717, 1.165) is 25.9 Å². The van der Waals surface area contributed by atoms with Gasteiger partial charge in [-0.2, -0.15) is 0 Å². The third-order valence-corrected chi connectivity index (χ3v) is 6.08. The molecule has 0 N–H and O–H groups in total. The first kappa shape index (κ1) is 18.8. The number of nitrogens with zero attached hydrogens (tertiary/aromatic N) is 1. The van der Waals surface area contributed by atoms with Crippen LogP contribution in [0.5, 0.6) is 17.2 Å². The Morgan fingerprint density at radius 1 is 1.04 bits per heavy atom. The second-order valence-electron chi connectivity index (χ2n) is 6.31. The molecule has 0 unspecified atom stereocenters. The van der Waals surface area contributed by atoms with Crippen molar-refractivity contribution in [1.82, 2.24) is 0 Å². The Morgan fingerprint density at radius 2 is 1.73 bits per heavy atom. The fraction of sp³-hybridized carbons (Fsp3) is 0.429. The normalized spacial score (nSPS) is 16.6. The fourth-order valence-electron chi connectivity index (χ4n) is 3.45. The summed E-state index contributed by atoms with van der Waals surface area (Å²) in [4.78, 5) is 3.83. The number of anilines is 1. The van der Waals surface area contributed by atoms with E-state index in [0.29, 0.717) is 22.5 Å². The Labute approximate surface area is 160 Å². The summed E-state index contributed by atoms with van der Waals surface area (Å²) >= 11 is 1.92. The van der Waals surface area contributed by atoms with Gasteiger partial charge in [-0.15, -0.1) is 11.8 Å². The maximum atomic E-state index is 5.55. The van der Waals surface area contributed by atoms with Crippen LogP contribution in [0.3, 0.4) is 0 Å². The Balaban J connectivity index is 1.98. The standard InChI is InChI=1S/C21H27NO3S/c1-5-11-22-12-10-19(26-20-9-7-6-8-16(20)22)15-13-17(23-2)21(25-4)18(14-15)24-3/h6-9,13-14,19H,5,10-12H2,1-4H3/t19-/m1/s1. The molecular formula is C21H27NO3S. The minimum absolute atomic E-state index is 0.340. The van der Waals surface area contributed by atoms with Gasteiger partial charge in [-0.25, -0.2) is 0 Å². The lowest BCUT2D eigenvalue weighted by molar-refractivity contribution is 0.323. The minimum Gasteiger partial charge on any atom is -0.493 e. The van der Waals surface area contributed by atoms with Gasteiger partial charge in [-0.3, -0.25) is 0 Å². The number of hydrogen-bond acceptors (Lipinski definition) is 5. The van der Waals surface area contributed by atoms with Gasteiger partial charge in [0.15, 0.2) is 11.5 Å². The van der Waals surface area contributed by atoms with E-state index in [1.165, 1.54) is 16.1 Å². The predicted octanol–water partition coefficient (Wildman–Crippen LogP) is 5.17. The summed E-state index contributed by atoms with van der Waals surface area (Å²) in [5.74, 6) is 2.07. The highest BCUT2D eigenvalue weighted by molar-refractivity contribution is 7.99. The second kappa shape index (κ2) is 8.58. The molecule has 140 valence electrons. The van der Waals surface area contributed by atoms with Crippen LogP contribution in [0.15, 0.2) is 41.3 Å².